The summed E-state index contributed by atoms with van der Waals surface area (Å²) >= 11 is 0. The van der Waals surface area contributed by atoms with Gasteiger partial charge in [-0.15, -0.1) is 0 Å². The van der Waals surface area contributed by atoms with E-state index >= 15 is 0 Å². The summed E-state index contributed by atoms with van der Waals surface area (Å²) in [7, 11) is 0. The highest BCUT2D eigenvalue weighted by molar-refractivity contribution is 5.30. The lowest BCUT2D eigenvalue weighted by molar-refractivity contribution is 0.469. The average molecular weight is 381 g/mol. The maximum absolute atomic E-state index is 2.25. The molecule has 0 atom stereocenters. The van der Waals surface area contributed by atoms with Crippen LogP contribution in [0.2, 0.25) is 0 Å². The molecule has 0 saturated carbocycles. The predicted molar refractivity (Wildman–Crippen MR) is 132 cm³/mol. The zero-order chi connectivity index (χ0) is 22.0. The van der Waals surface area contributed by atoms with Crippen LogP contribution in [-0.4, -0.2) is 0 Å². The van der Waals surface area contributed by atoms with E-state index < -0.39 is 0 Å². The summed E-state index contributed by atoms with van der Waals surface area (Å²) in [5.74, 6) is 0. The summed E-state index contributed by atoms with van der Waals surface area (Å²) in [5.41, 5.74) is 4.34. The first kappa shape index (κ1) is 33.8. The normalized spacial score (nSPS) is 11.4. The molecule has 0 nitrogen and oxygen atoms in total. The van der Waals surface area contributed by atoms with Crippen LogP contribution in [-0.2, 0) is 10.8 Å². The molecule has 0 aromatic heterocycles. The Morgan fingerprint density at radius 2 is 0.519 bits per heavy atom. The van der Waals surface area contributed by atoms with Crippen LogP contribution < -0.4 is 0 Å². The molecule has 1 rings (SSSR count). The van der Waals surface area contributed by atoms with Gasteiger partial charge in [0.15, 0.2) is 0 Å². The highest BCUT2D eigenvalue weighted by Gasteiger charge is 2.16. The van der Waals surface area contributed by atoms with Crippen LogP contribution in [0.3, 0.4) is 0 Å². The third kappa shape index (κ3) is 30.2. The fourth-order valence-electron chi connectivity index (χ4n) is 1.47. The summed E-state index contributed by atoms with van der Waals surface area (Å²) < 4.78 is 0. The van der Waals surface area contributed by atoms with Gasteiger partial charge >= 0.3 is 0 Å². The van der Waals surface area contributed by atoms with E-state index in [1.807, 2.05) is 13.8 Å². The van der Waals surface area contributed by atoms with E-state index in [1.165, 1.54) is 11.1 Å². The molecule has 0 N–H and O–H groups in total. The molecule has 0 aliphatic rings. The minimum absolute atomic E-state index is 0. The second kappa shape index (κ2) is 13.4. The molecule has 0 heteroatoms. The fraction of sp³-hybridized carbons (Fsp3) is 0.778. The Bertz CT molecular complexity index is 376. The van der Waals surface area contributed by atoms with Crippen molar-refractivity contribution in [2.45, 2.75) is 129 Å². The molecule has 0 saturated heterocycles. The highest BCUT2D eigenvalue weighted by Crippen LogP contribution is 2.26. The van der Waals surface area contributed by atoms with Crippen molar-refractivity contribution >= 4 is 0 Å². The second-order valence-electron chi connectivity index (χ2n) is 12.1. The van der Waals surface area contributed by atoms with Gasteiger partial charge in [-0.2, -0.15) is 0 Å². The van der Waals surface area contributed by atoms with Crippen LogP contribution in [0.4, 0.5) is 0 Å². The lowest BCUT2D eigenvalue weighted by Gasteiger charge is -2.23. The maximum atomic E-state index is 2.25. The molecule has 0 radical (unpaired) electrons. The maximum Gasteiger partial charge on any atom is -0.0132 e. The summed E-state index contributed by atoms with van der Waals surface area (Å²) in [5, 5.41) is 0. The number of rotatable bonds is 0. The summed E-state index contributed by atoms with van der Waals surface area (Å²) in [6.45, 7) is 35.0. The van der Waals surface area contributed by atoms with Gasteiger partial charge in [-0.1, -0.05) is 142 Å². The van der Waals surface area contributed by atoms with Gasteiger partial charge in [-0.25, -0.2) is 0 Å². The lowest BCUT2D eigenvalue weighted by Crippen LogP contribution is -2.14. The van der Waals surface area contributed by atoms with Gasteiger partial charge in [-0.3, -0.25) is 0 Å². The third-order valence-corrected chi connectivity index (χ3v) is 2.62. The molecule has 0 aliphatic heterocycles. The Balaban J connectivity index is -0.000000170. The summed E-state index contributed by atoms with van der Waals surface area (Å²) in [6.07, 6.45) is 0. The molecule has 27 heavy (non-hydrogen) atoms. The van der Waals surface area contributed by atoms with Crippen LogP contribution in [0.15, 0.2) is 24.3 Å². The van der Waals surface area contributed by atoms with Crippen LogP contribution in [0.5, 0.6) is 0 Å². The minimum atomic E-state index is 0. The van der Waals surface area contributed by atoms with Crippen LogP contribution in [0.1, 0.15) is 129 Å². The van der Waals surface area contributed by atoms with Crippen molar-refractivity contribution in [2.24, 2.45) is 10.8 Å². The number of hydrogen-bond donors (Lipinski definition) is 0. The van der Waals surface area contributed by atoms with Crippen molar-refractivity contribution in [2.75, 3.05) is 0 Å². The molecule has 0 fully saturated rings. The Morgan fingerprint density at radius 3 is 0.593 bits per heavy atom. The summed E-state index contributed by atoms with van der Waals surface area (Å²) in [6, 6.07) is 9.00. The first-order chi connectivity index (χ1) is 11.2. The SMILES string of the molecule is C.CC.CC(C)(C)C.CC(C)(C)C.CC(C)(C)c1ccc(C(C)(C)C)cc1. The molecule has 164 valence electrons. The minimum Gasteiger partial charge on any atom is -0.0776 e. The third-order valence-electron chi connectivity index (χ3n) is 2.62. The number of benzene rings is 1. The molecule has 0 spiro atoms. The predicted octanol–water partition coefficient (Wildman–Crippen LogP) is 10.0. The lowest BCUT2D eigenvalue weighted by atomic mass is 9.82. The molecule has 0 aliphatic carbocycles. The number of hydrogen-bond acceptors (Lipinski definition) is 0. The van der Waals surface area contributed by atoms with Crippen molar-refractivity contribution < 1.29 is 0 Å². The molecule has 0 bridgehead atoms. The van der Waals surface area contributed by atoms with E-state index in [9.17, 15) is 0 Å². The van der Waals surface area contributed by atoms with Crippen molar-refractivity contribution in [3.8, 4) is 0 Å². The first-order valence-corrected chi connectivity index (χ1v) is 10.3. The summed E-state index contributed by atoms with van der Waals surface area (Å²) in [4.78, 5) is 0. The van der Waals surface area contributed by atoms with E-state index in [2.05, 4.69) is 121 Å². The van der Waals surface area contributed by atoms with E-state index in [0.29, 0.717) is 10.8 Å². The van der Waals surface area contributed by atoms with Crippen molar-refractivity contribution in [3.05, 3.63) is 35.4 Å². The largest absolute Gasteiger partial charge is 0.0776 e. The van der Waals surface area contributed by atoms with Gasteiger partial charge in [0.05, 0.1) is 0 Å². The molecule has 0 unspecified atom stereocenters. The van der Waals surface area contributed by atoms with Crippen molar-refractivity contribution in [1.82, 2.24) is 0 Å². The standard InChI is InChI=1S/C14H22.2C5H12.C2H6.CH4/c1-13(2,3)11-7-9-12(10-8-11)14(4,5)6;2*1-5(2,3)4;1-2;/h7-10H,1-6H3;2*1-4H3;1-2H3;1H4. The molecule has 1 aromatic carbocycles. The first-order valence-electron chi connectivity index (χ1n) is 10.3. The fourth-order valence-corrected chi connectivity index (χ4v) is 1.47. The second-order valence-corrected chi connectivity index (χ2v) is 12.1. The quantitative estimate of drug-likeness (QED) is 0.420. The van der Waals surface area contributed by atoms with Gasteiger partial charge < -0.3 is 0 Å². The monoisotopic (exact) mass is 380 g/mol. The zero-order valence-corrected chi connectivity index (χ0v) is 21.3. The van der Waals surface area contributed by atoms with E-state index in [4.69, 9.17) is 0 Å². The Morgan fingerprint density at radius 1 is 0.407 bits per heavy atom. The van der Waals surface area contributed by atoms with Crippen LogP contribution in [0, 0.1) is 10.8 Å². The van der Waals surface area contributed by atoms with Crippen LogP contribution in [0.25, 0.3) is 0 Å². The van der Waals surface area contributed by atoms with Gasteiger partial charge in [0, 0.05) is 0 Å². The Labute approximate surface area is 175 Å². The van der Waals surface area contributed by atoms with Gasteiger partial charge in [0.2, 0.25) is 0 Å². The van der Waals surface area contributed by atoms with Gasteiger partial charge in [0.1, 0.15) is 0 Å². The van der Waals surface area contributed by atoms with E-state index in [1.54, 1.807) is 0 Å². The van der Waals surface area contributed by atoms with E-state index in [0.717, 1.165) is 0 Å². The molecular formula is C27H56. The molecule has 0 amide bonds. The molecule has 1 aromatic rings. The molecule has 0 heterocycles. The zero-order valence-electron chi connectivity index (χ0n) is 21.3. The molecular weight excluding hydrogens is 324 g/mol. The van der Waals surface area contributed by atoms with Gasteiger partial charge in [-0.05, 0) is 32.8 Å². The van der Waals surface area contributed by atoms with Crippen LogP contribution >= 0.6 is 0 Å². The smallest absolute Gasteiger partial charge is 0.0132 e. The average Bonchev–Trinajstić information content (AvgIpc) is 2.35. The van der Waals surface area contributed by atoms with Crippen molar-refractivity contribution in [1.29, 1.82) is 0 Å². The highest BCUT2D eigenvalue weighted by atomic mass is 14.2. The van der Waals surface area contributed by atoms with E-state index in [-0.39, 0.29) is 18.3 Å². The Kier molecular flexibility index (Phi) is 16.8. The van der Waals surface area contributed by atoms with Crippen molar-refractivity contribution in [3.63, 3.8) is 0 Å². The topological polar surface area (TPSA) is 0 Å². The van der Waals surface area contributed by atoms with Gasteiger partial charge in [0.25, 0.3) is 0 Å². The Hall–Kier alpha value is -0.780.